The van der Waals surface area contributed by atoms with Gasteiger partial charge in [-0.05, 0) is 29.6 Å². The monoisotopic (exact) mass is 389 g/mol. The Bertz CT molecular complexity index is 1110. The molecule has 4 heterocycles. The normalized spacial score (nSPS) is 14.5. The van der Waals surface area contributed by atoms with Gasteiger partial charge in [0.15, 0.2) is 5.65 Å². The fourth-order valence-electron chi connectivity index (χ4n) is 3.47. The van der Waals surface area contributed by atoms with Gasteiger partial charge in [-0.15, -0.1) is 11.3 Å². The number of anilines is 2. The van der Waals surface area contributed by atoms with Gasteiger partial charge in [0.25, 0.3) is 0 Å². The first-order valence-corrected chi connectivity index (χ1v) is 10.1. The van der Waals surface area contributed by atoms with Gasteiger partial charge < -0.3 is 15.4 Å². The molecule has 5 rings (SSSR count). The predicted octanol–water partition coefficient (Wildman–Crippen LogP) is 3.84. The number of aromatic nitrogens is 3. The van der Waals surface area contributed by atoms with Crippen LogP contribution in [0.2, 0.25) is 0 Å². The lowest BCUT2D eigenvalue weighted by Gasteiger charge is -2.28. The number of benzene rings is 1. The van der Waals surface area contributed by atoms with Crippen molar-refractivity contribution in [2.45, 2.75) is 0 Å². The van der Waals surface area contributed by atoms with Crippen LogP contribution < -0.4 is 10.6 Å². The molecule has 1 aliphatic rings. The smallest absolute Gasteiger partial charge is 0.222 e. The summed E-state index contributed by atoms with van der Waals surface area (Å²) in [5.74, 6) is 0.233. The van der Waals surface area contributed by atoms with Crippen LogP contribution in [0.5, 0.6) is 0 Å². The molecular weight excluding hydrogens is 370 g/mol. The number of thiophene rings is 1. The van der Waals surface area contributed by atoms with E-state index in [0.29, 0.717) is 5.65 Å². The van der Waals surface area contributed by atoms with Crippen LogP contribution in [0.1, 0.15) is 0 Å². The topological polar surface area (TPSA) is 77.2 Å². The second kappa shape index (κ2) is 7.18. The third-order valence-electron chi connectivity index (χ3n) is 4.91. The van der Waals surface area contributed by atoms with E-state index in [9.17, 15) is 0 Å². The molecular formula is C21H19N5OS. The Morgan fingerprint density at radius 3 is 2.61 bits per heavy atom. The van der Waals surface area contributed by atoms with Crippen LogP contribution in [0.3, 0.4) is 0 Å². The lowest BCUT2D eigenvalue weighted by atomic mass is 10.0. The molecule has 0 aliphatic carbocycles. The predicted molar refractivity (Wildman–Crippen MR) is 114 cm³/mol. The second-order valence-electron chi connectivity index (χ2n) is 6.64. The Hall–Kier alpha value is -3.03. The van der Waals surface area contributed by atoms with Crippen LogP contribution >= 0.6 is 11.3 Å². The highest BCUT2D eigenvalue weighted by Gasteiger charge is 2.14. The van der Waals surface area contributed by atoms with Gasteiger partial charge in [0.2, 0.25) is 5.95 Å². The van der Waals surface area contributed by atoms with Gasteiger partial charge in [0.1, 0.15) is 0 Å². The molecule has 3 aromatic heterocycles. The molecule has 2 N–H and O–H groups in total. The van der Waals surface area contributed by atoms with E-state index >= 15 is 0 Å². The summed E-state index contributed by atoms with van der Waals surface area (Å²) in [4.78, 5) is 16.8. The van der Waals surface area contributed by atoms with Gasteiger partial charge in [0.05, 0.1) is 18.9 Å². The maximum atomic E-state index is 5.81. The molecule has 28 heavy (non-hydrogen) atoms. The number of morpholine rings is 1. The van der Waals surface area contributed by atoms with E-state index in [0.717, 1.165) is 53.4 Å². The summed E-state index contributed by atoms with van der Waals surface area (Å²) < 4.78 is 5.44. The Balaban J connectivity index is 1.58. The maximum absolute atomic E-state index is 5.81. The Morgan fingerprint density at radius 2 is 1.86 bits per heavy atom. The minimum atomic E-state index is 0.233. The third kappa shape index (κ3) is 3.19. The van der Waals surface area contributed by atoms with Crippen LogP contribution in [0, 0.1) is 0 Å². The van der Waals surface area contributed by atoms with Crippen LogP contribution in [-0.2, 0) is 4.74 Å². The average molecular weight is 389 g/mol. The summed E-state index contributed by atoms with van der Waals surface area (Å²) in [6.07, 6.45) is 1.75. The van der Waals surface area contributed by atoms with Crippen molar-refractivity contribution in [3.63, 3.8) is 0 Å². The van der Waals surface area contributed by atoms with E-state index in [1.807, 2.05) is 6.07 Å². The summed E-state index contributed by atoms with van der Waals surface area (Å²) in [6.45, 7) is 3.40. The number of nitrogens with two attached hydrogens (primary N) is 1. The van der Waals surface area contributed by atoms with E-state index in [-0.39, 0.29) is 5.95 Å². The van der Waals surface area contributed by atoms with Crippen molar-refractivity contribution in [2.24, 2.45) is 0 Å². The quantitative estimate of drug-likeness (QED) is 0.574. The summed E-state index contributed by atoms with van der Waals surface area (Å²) >= 11 is 1.69. The number of fused-ring (bicyclic) bond motifs is 1. The summed E-state index contributed by atoms with van der Waals surface area (Å²) in [6, 6.07) is 14.8. The highest BCUT2D eigenvalue weighted by atomic mass is 32.1. The van der Waals surface area contributed by atoms with Crippen molar-refractivity contribution in [2.75, 3.05) is 36.9 Å². The number of hydrogen-bond acceptors (Lipinski definition) is 7. The SMILES string of the molecule is Nc1ncc2c(-c3cccs3)cc(-c3ccc(N4CCOCC4)cc3)nc2n1. The lowest BCUT2D eigenvalue weighted by molar-refractivity contribution is 0.122. The molecule has 4 aromatic rings. The van der Waals surface area contributed by atoms with Gasteiger partial charge in [-0.1, -0.05) is 18.2 Å². The number of hydrogen-bond donors (Lipinski definition) is 1. The van der Waals surface area contributed by atoms with Crippen molar-refractivity contribution in [3.05, 3.63) is 54.0 Å². The molecule has 0 atom stereocenters. The molecule has 6 nitrogen and oxygen atoms in total. The standard InChI is InChI=1S/C21H19N5OS/c22-21-23-13-17-16(19-2-1-11-28-19)12-18(24-20(17)25-21)14-3-5-15(6-4-14)26-7-9-27-10-8-26/h1-6,11-13H,7-10H2,(H2,22,23,24,25). The molecule has 0 saturated carbocycles. The molecule has 0 unspecified atom stereocenters. The first-order valence-electron chi connectivity index (χ1n) is 9.18. The maximum Gasteiger partial charge on any atom is 0.222 e. The summed E-state index contributed by atoms with van der Waals surface area (Å²) in [7, 11) is 0. The van der Waals surface area contributed by atoms with Crippen LogP contribution in [0.4, 0.5) is 11.6 Å². The molecule has 1 saturated heterocycles. The van der Waals surface area contributed by atoms with Crippen molar-refractivity contribution in [1.29, 1.82) is 0 Å². The number of ether oxygens (including phenoxy) is 1. The molecule has 0 amide bonds. The number of nitrogens with zero attached hydrogens (tertiary/aromatic N) is 4. The number of pyridine rings is 1. The highest BCUT2D eigenvalue weighted by Crippen LogP contribution is 2.34. The largest absolute Gasteiger partial charge is 0.378 e. The van der Waals surface area contributed by atoms with Gasteiger partial charge in [-0.25, -0.2) is 9.97 Å². The van der Waals surface area contributed by atoms with Crippen molar-refractivity contribution >= 4 is 34.0 Å². The van der Waals surface area contributed by atoms with Crippen LogP contribution in [0.25, 0.3) is 32.7 Å². The van der Waals surface area contributed by atoms with E-state index in [1.165, 1.54) is 5.69 Å². The van der Waals surface area contributed by atoms with Crippen molar-refractivity contribution in [1.82, 2.24) is 15.0 Å². The fourth-order valence-corrected chi connectivity index (χ4v) is 4.23. The Morgan fingerprint density at radius 1 is 1.04 bits per heavy atom. The van der Waals surface area contributed by atoms with E-state index in [1.54, 1.807) is 17.5 Å². The first-order chi connectivity index (χ1) is 13.8. The highest BCUT2D eigenvalue weighted by molar-refractivity contribution is 7.13. The molecule has 1 aromatic carbocycles. The minimum absolute atomic E-state index is 0.233. The first kappa shape index (κ1) is 17.1. The zero-order valence-corrected chi connectivity index (χ0v) is 16.0. The van der Waals surface area contributed by atoms with Gasteiger partial charge in [0, 0.05) is 46.4 Å². The molecule has 0 spiro atoms. The van der Waals surface area contributed by atoms with Crippen molar-refractivity contribution in [3.8, 4) is 21.7 Å². The van der Waals surface area contributed by atoms with Crippen molar-refractivity contribution < 1.29 is 4.74 Å². The molecule has 7 heteroatoms. The number of nitrogen functional groups attached to an aromatic ring is 1. The van der Waals surface area contributed by atoms with Gasteiger partial charge >= 0.3 is 0 Å². The van der Waals surface area contributed by atoms with Gasteiger partial charge in [-0.2, -0.15) is 4.98 Å². The van der Waals surface area contributed by atoms with Crippen LogP contribution in [-0.4, -0.2) is 41.3 Å². The molecule has 1 aliphatic heterocycles. The van der Waals surface area contributed by atoms with Crippen LogP contribution in [0.15, 0.2) is 54.0 Å². The van der Waals surface area contributed by atoms with Gasteiger partial charge in [-0.3, -0.25) is 0 Å². The van der Waals surface area contributed by atoms with E-state index in [2.05, 4.69) is 56.6 Å². The Kier molecular flexibility index (Phi) is 4.38. The van der Waals surface area contributed by atoms with E-state index < -0.39 is 0 Å². The third-order valence-corrected chi connectivity index (χ3v) is 5.81. The molecule has 140 valence electrons. The summed E-state index contributed by atoms with van der Waals surface area (Å²) in [5.41, 5.74) is 10.6. The molecule has 1 fully saturated rings. The summed E-state index contributed by atoms with van der Waals surface area (Å²) in [5, 5.41) is 2.97. The lowest BCUT2D eigenvalue weighted by Crippen LogP contribution is -2.36. The minimum Gasteiger partial charge on any atom is -0.378 e. The molecule has 0 bridgehead atoms. The zero-order valence-electron chi connectivity index (χ0n) is 15.2. The Labute approximate surface area is 166 Å². The average Bonchev–Trinajstić information content (AvgIpc) is 3.28. The zero-order chi connectivity index (χ0) is 18.9. The second-order valence-corrected chi connectivity index (χ2v) is 7.59. The number of rotatable bonds is 3. The van der Waals surface area contributed by atoms with E-state index in [4.69, 9.17) is 15.5 Å². The molecule has 0 radical (unpaired) electrons. The fraction of sp³-hybridized carbons (Fsp3) is 0.190.